The van der Waals surface area contributed by atoms with E-state index in [-0.39, 0.29) is 21.7 Å². The van der Waals surface area contributed by atoms with Crippen LogP contribution >= 0.6 is 0 Å². The third-order valence-electron chi connectivity index (χ3n) is 19.2. The van der Waals surface area contributed by atoms with Gasteiger partial charge in [0.2, 0.25) is 0 Å². The zero-order valence-electron chi connectivity index (χ0n) is 56.1. The minimum atomic E-state index is -0.104. The van der Waals surface area contributed by atoms with Crippen molar-refractivity contribution < 1.29 is 0 Å². The van der Waals surface area contributed by atoms with E-state index in [0.717, 1.165) is 101 Å². The lowest BCUT2D eigenvalue weighted by molar-refractivity contribution is 0.590. The van der Waals surface area contributed by atoms with Crippen LogP contribution in [0.15, 0.2) is 231 Å². The lowest BCUT2D eigenvalue weighted by Gasteiger charge is -2.23. The predicted molar refractivity (Wildman–Crippen MR) is 394 cm³/mol. The lowest BCUT2D eigenvalue weighted by Crippen LogP contribution is -2.11. The highest BCUT2D eigenvalue weighted by Crippen LogP contribution is 2.48. The number of hydrogen-bond donors (Lipinski definition) is 0. The molecule has 15 aromatic rings. The van der Waals surface area contributed by atoms with Crippen LogP contribution in [0.2, 0.25) is 0 Å². The van der Waals surface area contributed by atoms with Crippen LogP contribution in [0.25, 0.3) is 139 Å². The van der Waals surface area contributed by atoms with Gasteiger partial charge in [-0.1, -0.05) is 228 Å². The van der Waals surface area contributed by atoms with Crippen LogP contribution in [0.3, 0.4) is 0 Å². The Kier molecular flexibility index (Phi) is 13.8. The van der Waals surface area contributed by atoms with Crippen molar-refractivity contribution >= 4 is 65.4 Å². The second kappa shape index (κ2) is 21.7. The Labute approximate surface area is 546 Å². The minimum absolute atomic E-state index is 0.0855. The van der Waals surface area contributed by atoms with Gasteiger partial charge >= 0.3 is 0 Å². The molecule has 0 saturated carbocycles. The first-order valence-corrected chi connectivity index (χ1v) is 32.9. The van der Waals surface area contributed by atoms with Gasteiger partial charge in [-0.2, -0.15) is 0 Å². The molecule has 0 aliphatic heterocycles. The van der Waals surface area contributed by atoms with Crippen LogP contribution in [0, 0.1) is 13.8 Å². The average Bonchev–Trinajstić information content (AvgIpc) is 1.62. The van der Waals surface area contributed by atoms with Crippen molar-refractivity contribution in [3.8, 4) is 73.5 Å². The van der Waals surface area contributed by atoms with Crippen LogP contribution in [0.5, 0.6) is 0 Å². The van der Waals surface area contributed by atoms with Gasteiger partial charge in [-0.25, -0.2) is 15.0 Å². The summed E-state index contributed by atoms with van der Waals surface area (Å²) in [7, 11) is 0. The SMILES string of the molecule is Cc1ccc2c(c1)c1cc(C)ccc1n2-c1cccc(-c2c(-c3ccccc3-c3cc(-c4ccccc4)nc(-c4ccccc4)n3)cc(-n3c4ccc(C(C)(C)C)cc4c4cc(C(C)(C)C)ccc43)nc2-n2c3ccc(C(C)(C)C)cc3c3cc(C(C)(C)C)ccc32)c1. The summed E-state index contributed by atoms with van der Waals surface area (Å²) in [5.41, 5.74) is 23.6. The van der Waals surface area contributed by atoms with E-state index in [9.17, 15) is 0 Å². The minimum Gasteiger partial charge on any atom is -0.309 e. The van der Waals surface area contributed by atoms with Crippen molar-refractivity contribution in [2.45, 2.75) is 119 Å². The van der Waals surface area contributed by atoms with Crippen LogP contribution < -0.4 is 0 Å². The number of benzene rings is 10. The van der Waals surface area contributed by atoms with Crippen LogP contribution in [0.4, 0.5) is 0 Å². The van der Waals surface area contributed by atoms with Crippen LogP contribution in [-0.4, -0.2) is 28.7 Å². The Balaban J connectivity index is 1.13. The van der Waals surface area contributed by atoms with Gasteiger partial charge in [-0.3, -0.25) is 9.13 Å². The maximum absolute atomic E-state index is 6.32. The van der Waals surface area contributed by atoms with Gasteiger partial charge in [0.1, 0.15) is 11.6 Å². The van der Waals surface area contributed by atoms with E-state index < -0.39 is 0 Å². The molecular formula is C87H80N6. The molecule has 0 N–H and O–H groups in total. The fraction of sp³-hybridized carbons (Fsp3) is 0.207. The van der Waals surface area contributed by atoms with Crippen molar-refractivity contribution in [2.75, 3.05) is 0 Å². The van der Waals surface area contributed by atoms with E-state index in [0.29, 0.717) is 5.82 Å². The number of fused-ring (bicyclic) bond motifs is 9. The Morgan fingerprint density at radius 2 is 0.677 bits per heavy atom. The summed E-state index contributed by atoms with van der Waals surface area (Å²) >= 11 is 0. The van der Waals surface area contributed by atoms with Gasteiger partial charge in [-0.05, 0) is 172 Å². The van der Waals surface area contributed by atoms with Gasteiger partial charge in [0, 0.05) is 60.3 Å². The number of pyridine rings is 1. The number of aromatic nitrogens is 6. The zero-order valence-corrected chi connectivity index (χ0v) is 56.1. The van der Waals surface area contributed by atoms with Gasteiger partial charge in [0.25, 0.3) is 0 Å². The smallest absolute Gasteiger partial charge is 0.160 e. The van der Waals surface area contributed by atoms with Crippen molar-refractivity contribution in [1.82, 2.24) is 28.7 Å². The van der Waals surface area contributed by atoms with Crippen LogP contribution in [0.1, 0.15) is 116 Å². The molecule has 0 fully saturated rings. The van der Waals surface area contributed by atoms with Crippen molar-refractivity contribution in [3.05, 3.63) is 264 Å². The van der Waals surface area contributed by atoms with Gasteiger partial charge < -0.3 is 4.57 Å². The standard InChI is InChI=1S/C87H80N6/c1-53-32-38-74-65(44-53)66-45-54(2)33-39-75(66)91(74)62-29-23-28-57(46-62)81-71(63-30-21-22-31-64(63)73-52-72(55-24-17-15-18-25-55)88-82(89-73)56-26-19-16-20-27-56)51-80(92-76-40-34-58(84(3,4)5)47-67(76)68-48-59(85(6,7)8)35-41-77(68)92)90-83(81)93-78-42-36-60(86(9,10)11)49-69(78)70-50-61(87(12,13)14)37-43-79(70)93/h15-52H,1-14H3. The number of rotatable bonds is 8. The molecule has 93 heavy (non-hydrogen) atoms. The van der Waals surface area contributed by atoms with E-state index in [1.54, 1.807) is 0 Å². The summed E-state index contributed by atoms with van der Waals surface area (Å²) in [5.74, 6) is 2.28. The fourth-order valence-corrected chi connectivity index (χ4v) is 14.0. The third-order valence-corrected chi connectivity index (χ3v) is 19.2. The molecule has 10 aromatic carbocycles. The lowest BCUT2D eigenvalue weighted by atomic mass is 9.85. The summed E-state index contributed by atoms with van der Waals surface area (Å²) < 4.78 is 7.39. The maximum Gasteiger partial charge on any atom is 0.160 e. The molecule has 15 rings (SSSR count). The van der Waals surface area contributed by atoms with E-state index in [1.807, 2.05) is 6.07 Å². The number of aryl methyl sites for hydroxylation is 2. The molecule has 6 heteroatoms. The first-order valence-electron chi connectivity index (χ1n) is 32.9. The Bertz CT molecular complexity index is 5230. The normalized spacial score (nSPS) is 12.6. The molecule has 0 aliphatic rings. The molecule has 0 aliphatic carbocycles. The van der Waals surface area contributed by atoms with Crippen molar-refractivity contribution in [3.63, 3.8) is 0 Å². The largest absolute Gasteiger partial charge is 0.309 e. The van der Waals surface area contributed by atoms with Gasteiger partial charge in [0.05, 0.1) is 44.5 Å². The molecule has 0 bridgehead atoms. The van der Waals surface area contributed by atoms with E-state index >= 15 is 0 Å². The summed E-state index contributed by atoms with van der Waals surface area (Å²) in [5, 5.41) is 7.26. The predicted octanol–water partition coefficient (Wildman–Crippen LogP) is 23.3. The van der Waals surface area contributed by atoms with E-state index in [2.05, 4.69) is 335 Å². The molecule has 5 heterocycles. The molecular weight excluding hydrogens is 1130 g/mol. The molecule has 6 nitrogen and oxygen atoms in total. The Hall–Kier alpha value is -10.2. The number of nitrogens with zero attached hydrogens (tertiary/aromatic N) is 6. The molecule has 0 atom stereocenters. The monoisotopic (exact) mass is 1210 g/mol. The maximum atomic E-state index is 6.32. The zero-order chi connectivity index (χ0) is 64.6. The van der Waals surface area contributed by atoms with E-state index in [4.69, 9.17) is 15.0 Å². The topological polar surface area (TPSA) is 53.5 Å². The van der Waals surface area contributed by atoms with Crippen molar-refractivity contribution in [2.24, 2.45) is 0 Å². The van der Waals surface area contributed by atoms with Gasteiger partial charge in [0.15, 0.2) is 5.82 Å². The molecule has 0 radical (unpaired) electrons. The second-order valence-corrected chi connectivity index (χ2v) is 30.0. The van der Waals surface area contributed by atoms with Crippen LogP contribution in [-0.2, 0) is 21.7 Å². The molecule has 0 spiro atoms. The Morgan fingerprint density at radius 3 is 1.16 bits per heavy atom. The average molecular weight is 1210 g/mol. The quantitative estimate of drug-likeness (QED) is 0.152. The summed E-state index contributed by atoms with van der Waals surface area (Å²) in [6, 6.07) is 85.8. The summed E-state index contributed by atoms with van der Waals surface area (Å²) in [4.78, 5) is 17.2. The van der Waals surface area contributed by atoms with E-state index in [1.165, 1.54) is 65.7 Å². The molecule has 0 amide bonds. The second-order valence-electron chi connectivity index (χ2n) is 30.0. The first kappa shape index (κ1) is 59.2. The third kappa shape index (κ3) is 10.3. The highest BCUT2D eigenvalue weighted by atomic mass is 15.1. The fourth-order valence-electron chi connectivity index (χ4n) is 14.0. The summed E-state index contributed by atoms with van der Waals surface area (Å²) in [6.07, 6.45) is 0. The summed E-state index contributed by atoms with van der Waals surface area (Å²) in [6.45, 7) is 32.2. The number of hydrogen-bond acceptors (Lipinski definition) is 3. The van der Waals surface area contributed by atoms with Gasteiger partial charge in [-0.15, -0.1) is 0 Å². The molecule has 0 unspecified atom stereocenters. The molecule has 458 valence electrons. The Morgan fingerprint density at radius 1 is 0.280 bits per heavy atom. The molecule has 0 saturated heterocycles. The first-order chi connectivity index (χ1) is 44.4. The highest BCUT2D eigenvalue weighted by Gasteiger charge is 2.30. The van der Waals surface area contributed by atoms with Crippen molar-refractivity contribution in [1.29, 1.82) is 0 Å². The molecule has 5 aromatic heterocycles. The highest BCUT2D eigenvalue weighted by molar-refractivity contribution is 6.13.